The fourth-order valence-electron chi connectivity index (χ4n) is 1.23. The van der Waals surface area contributed by atoms with Crippen molar-refractivity contribution >= 4 is 0 Å². The van der Waals surface area contributed by atoms with E-state index in [1.807, 2.05) is 12.1 Å². The van der Waals surface area contributed by atoms with E-state index in [1.54, 1.807) is 0 Å². The van der Waals surface area contributed by atoms with Gasteiger partial charge < -0.3 is 4.74 Å². The lowest BCUT2D eigenvalue weighted by Crippen LogP contribution is -2.17. The van der Waals surface area contributed by atoms with Crippen molar-refractivity contribution < 1.29 is 4.74 Å². The van der Waals surface area contributed by atoms with E-state index in [9.17, 15) is 0 Å². The average Bonchev–Trinajstić information content (AvgIpc) is 2.14. The summed E-state index contributed by atoms with van der Waals surface area (Å²) >= 11 is 0. The molecule has 0 heterocycles. The smallest absolute Gasteiger partial charge is 0.122 e. The van der Waals surface area contributed by atoms with Crippen molar-refractivity contribution in [1.82, 2.24) is 0 Å². The van der Waals surface area contributed by atoms with E-state index in [2.05, 4.69) is 39.8 Å². The molecule has 0 aliphatic rings. The van der Waals surface area contributed by atoms with Crippen LogP contribution in [0.15, 0.2) is 24.3 Å². The first kappa shape index (κ1) is 11.1. The molecule has 14 heavy (non-hydrogen) atoms. The number of aryl methyl sites for hydroxylation is 1. The van der Waals surface area contributed by atoms with Crippen LogP contribution in [0.2, 0.25) is 0 Å². The Bertz CT molecular complexity index is 284. The minimum absolute atomic E-state index is 0.223. The Hall–Kier alpha value is -0.980. The first-order chi connectivity index (χ1) is 6.53. The molecule has 0 aliphatic carbocycles. The fraction of sp³-hybridized carbons (Fsp3) is 0.538. The van der Waals surface area contributed by atoms with E-state index in [4.69, 9.17) is 4.74 Å². The summed E-state index contributed by atoms with van der Waals surface area (Å²) in [6.45, 7) is 9.47. The molecule has 0 aromatic heterocycles. The molecule has 78 valence electrons. The second-order valence-corrected chi connectivity index (χ2v) is 4.81. The lowest BCUT2D eigenvalue weighted by Gasteiger charge is -2.20. The number of para-hydroxylation sites is 1. The van der Waals surface area contributed by atoms with Gasteiger partial charge in [-0.2, -0.15) is 0 Å². The lowest BCUT2D eigenvalue weighted by molar-refractivity contribution is 0.196. The van der Waals surface area contributed by atoms with E-state index in [-0.39, 0.29) is 5.41 Å². The van der Waals surface area contributed by atoms with Gasteiger partial charge in [0.1, 0.15) is 5.75 Å². The summed E-state index contributed by atoms with van der Waals surface area (Å²) in [5, 5.41) is 0. The van der Waals surface area contributed by atoms with Crippen LogP contribution >= 0.6 is 0 Å². The minimum Gasteiger partial charge on any atom is -0.493 e. The van der Waals surface area contributed by atoms with Gasteiger partial charge in [-0.15, -0.1) is 0 Å². The zero-order valence-electron chi connectivity index (χ0n) is 9.63. The van der Waals surface area contributed by atoms with Crippen LogP contribution in [0.3, 0.4) is 0 Å². The summed E-state index contributed by atoms with van der Waals surface area (Å²) in [6.07, 6.45) is 1.03. The molecule has 1 nitrogen and oxygen atoms in total. The summed E-state index contributed by atoms with van der Waals surface area (Å²) in [4.78, 5) is 0. The van der Waals surface area contributed by atoms with Gasteiger partial charge in [-0.05, 0) is 23.5 Å². The standard InChI is InChI=1S/C13H20O/c1-5-11-8-6-7-9-12(11)14-10-13(2,3)4/h6-9H,5,10H2,1-4H3. The van der Waals surface area contributed by atoms with Crippen molar-refractivity contribution in [3.8, 4) is 5.75 Å². The van der Waals surface area contributed by atoms with Crippen LogP contribution in [-0.4, -0.2) is 6.61 Å². The van der Waals surface area contributed by atoms with Gasteiger partial charge in [-0.1, -0.05) is 45.9 Å². The van der Waals surface area contributed by atoms with Crippen molar-refractivity contribution in [3.05, 3.63) is 29.8 Å². The summed E-state index contributed by atoms with van der Waals surface area (Å²) < 4.78 is 5.79. The molecule has 0 amide bonds. The molecule has 0 atom stereocenters. The van der Waals surface area contributed by atoms with Gasteiger partial charge in [-0.25, -0.2) is 0 Å². The van der Waals surface area contributed by atoms with Crippen molar-refractivity contribution in [1.29, 1.82) is 0 Å². The minimum atomic E-state index is 0.223. The van der Waals surface area contributed by atoms with Gasteiger partial charge in [0.2, 0.25) is 0 Å². The van der Waals surface area contributed by atoms with E-state index >= 15 is 0 Å². The molecule has 0 aliphatic heterocycles. The Labute approximate surface area is 87.1 Å². The molecule has 1 heteroatoms. The van der Waals surface area contributed by atoms with E-state index in [0.29, 0.717) is 0 Å². The number of hydrogen-bond donors (Lipinski definition) is 0. The van der Waals surface area contributed by atoms with Gasteiger partial charge in [-0.3, -0.25) is 0 Å². The highest BCUT2D eigenvalue weighted by molar-refractivity contribution is 5.33. The number of hydrogen-bond acceptors (Lipinski definition) is 1. The first-order valence-electron chi connectivity index (χ1n) is 5.23. The van der Waals surface area contributed by atoms with Crippen LogP contribution in [-0.2, 0) is 6.42 Å². The molecule has 0 radical (unpaired) electrons. The van der Waals surface area contributed by atoms with Crippen LogP contribution in [0, 0.1) is 5.41 Å². The normalized spacial score (nSPS) is 11.4. The highest BCUT2D eigenvalue weighted by Crippen LogP contribution is 2.21. The predicted molar refractivity (Wildman–Crippen MR) is 60.8 cm³/mol. The fourth-order valence-corrected chi connectivity index (χ4v) is 1.23. The maximum Gasteiger partial charge on any atom is 0.122 e. The van der Waals surface area contributed by atoms with Crippen molar-refractivity contribution in [2.24, 2.45) is 5.41 Å². The van der Waals surface area contributed by atoms with Gasteiger partial charge >= 0.3 is 0 Å². The van der Waals surface area contributed by atoms with Crippen LogP contribution < -0.4 is 4.74 Å². The molecular weight excluding hydrogens is 172 g/mol. The van der Waals surface area contributed by atoms with Crippen molar-refractivity contribution in [3.63, 3.8) is 0 Å². The molecule has 1 aromatic carbocycles. The Morgan fingerprint density at radius 2 is 1.79 bits per heavy atom. The lowest BCUT2D eigenvalue weighted by atomic mass is 9.98. The van der Waals surface area contributed by atoms with Gasteiger partial charge in [0.05, 0.1) is 6.61 Å². The van der Waals surface area contributed by atoms with Gasteiger partial charge in [0.25, 0.3) is 0 Å². The molecule has 0 saturated heterocycles. The molecule has 0 bridgehead atoms. The van der Waals surface area contributed by atoms with Crippen molar-refractivity contribution in [2.75, 3.05) is 6.61 Å². The second-order valence-electron chi connectivity index (χ2n) is 4.81. The highest BCUT2D eigenvalue weighted by Gasteiger charge is 2.11. The predicted octanol–water partition coefficient (Wildman–Crippen LogP) is 3.67. The third kappa shape index (κ3) is 3.41. The Kier molecular flexibility index (Phi) is 3.56. The van der Waals surface area contributed by atoms with Crippen molar-refractivity contribution in [2.45, 2.75) is 34.1 Å². The number of benzene rings is 1. The second kappa shape index (κ2) is 4.50. The molecule has 1 rings (SSSR count). The molecule has 1 aromatic rings. The maximum absolute atomic E-state index is 5.79. The third-order valence-corrected chi connectivity index (χ3v) is 2.01. The van der Waals surface area contributed by atoms with Gasteiger partial charge in [0, 0.05) is 0 Å². The Balaban J connectivity index is 2.67. The van der Waals surface area contributed by atoms with Gasteiger partial charge in [0.15, 0.2) is 0 Å². The summed E-state index contributed by atoms with van der Waals surface area (Å²) in [6, 6.07) is 8.25. The van der Waals surface area contributed by atoms with E-state index < -0.39 is 0 Å². The average molecular weight is 192 g/mol. The molecule has 0 fully saturated rings. The number of ether oxygens (including phenoxy) is 1. The quantitative estimate of drug-likeness (QED) is 0.710. The summed E-state index contributed by atoms with van der Waals surface area (Å²) in [5.41, 5.74) is 1.51. The van der Waals surface area contributed by atoms with Crippen LogP contribution in [0.4, 0.5) is 0 Å². The zero-order chi connectivity index (χ0) is 10.6. The third-order valence-electron chi connectivity index (χ3n) is 2.01. The molecule has 0 unspecified atom stereocenters. The summed E-state index contributed by atoms with van der Waals surface area (Å²) in [7, 11) is 0. The molecule has 0 N–H and O–H groups in total. The largest absolute Gasteiger partial charge is 0.493 e. The monoisotopic (exact) mass is 192 g/mol. The Morgan fingerprint density at radius 1 is 1.14 bits per heavy atom. The highest BCUT2D eigenvalue weighted by atomic mass is 16.5. The molecule has 0 spiro atoms. The van der Waals surface area contributed by atoms with E-state index in [1.165, 1.54) is 5.56 Å². The Morgan fingerprint density at radius 3 is 2.36 bits per heavy atom. The topological polar surface area (TPSA) is 9.23 Å². The maximum atomic E-state index is 5.79. The van der Waals surface area contributed by atoms with E-state index in [0.717, 1.165) is 18.8 Å². The van der Waals surface area contributed by atoms with Crippen LogP contribution in [0.5, 0.6) is 5.75 Å². The molecule has 0 saturated carbocycles. The number of rotatable bonds is 3. The van der Waals surface area contributed by atoms with Crippen LogP contribution in [0.1, 0.15) is 33.3 Å². The van der Waals surface area contributed by atoms with Crippen LogP contribution in [0.25, 0.3) is 0 Å². The SMILES string of the molecule is CCc1ccccc1OCC(C)(C)C. The molecular formula is C13H20O. The first-order valence-corrected chi connectivity index (χ1v) is 5.23. The zero-order valence-corrected chi connectivity index (χ0v) is 9.63. The summed E-state index contributed by atoms with van der Waals surface area (Å²) in [5.74, 6) is 1.03.